The SMILES string of the molecule is CC(C(=O)NCc1ccccc1)S(=O)(=O)Cc1ccccc1C(F)(F)F. The maximum Gasteiger partial charge on any atom is 0.416 e. The van der Waals surface area contributed by atoms with E-state index < -0.39 is 38.5 Å². The summed E-state index contributed by atoms with van der Waals surface area (Å²) in [5.41, 5.74) is -0.601. The van der Waals surface area contributed by atoms with Crippen LogP contribution < -0.4 is 5.32 Å². The maximum atomic E-state index is 13.0. The van der Waals surface area contributed by atoms with Gasteiger partial charge in [0.1, 0.15) is 5.25 Å². The van der Waals surface area contributed by atoms with Gasteiger partial charge >= 0.3 is 6.18 Å². The van der Waals surface area contributed by atoms with Gasteiger partial charge < -0.3 is 5.32 Å². The van der Waals surface area contributed by atoms with Crippen LogP contribution in [-0.2, 0) is 33.1 Å². The first-order valence-electron chi connectivity index (χ1n) is 7.79. The van der Waals surface area contributed by atoms with Crippen LogP contribution in [0.1, 0.15) is 23.6 Å². The van der Waals surface area contributed by atoms with Gasteiger partial charge in [-0.25, -0.2) is 8.42 Å². The standard InChI is InChI=1S/C18H18F3NO3S/c1-13(17(23)22-11-14-7-3-2-4-8-14)26(24,25)12-15-9-5-6-10-16(15)18(19,20)21/h2-10,13H,11-12H2,1H3,(H,22,23). The molecular weight excluding hydrogens is 367 g/mol. The highest BCUT2D eigenvalue weighted by molar-refractivity contribution is 7.92. The van der Waals surface area contributed by atoms with Crippen molar-refractivity contribution in [3.05, 3.63) is 71.3 Å². The summed E-state index contributed by atoms with van der Waals surface area (Å²) in [6.07, 6.45) is -4.66. The van der Waals surface area contributed by atoms with E-state index in [0.717, 1.165) is 17.7 Å². The fraction of sp³-hybridized carbons (Fsp3) is 0.278. The van der Waals surface area contributed by atoms with Gasteiger partial charge in [-0.05, 0) is 24.1 Å². The van der Waals surface area contributed by atoms with Gasteiger partial charge in [0.2, 0.25) is 5.91 Å². The zero-order valence-corrected chi connectivity index (χ0v) is 14.8. The van der Waals surface area contributed by atoms with Crippen molar-refractivity contribution in [1.29, 1.82) is 0 Å². The largest absolute Gasteiger partial charge is 0.416 e. The molecule has 2 rings (SSSR count). The van der Waals surface area contributed by atoms with Crippen LogP contribution >= 0.6 is 0 Å². The third-order valence-corrected chi connectivity index (χ3v) is 5.90. The Morgan fingerprint density at radius 1 is 1.04 bits per heavy atom. The number of sulfone groups is 1. The zero-order valence-electron chi connectivity index (χ0n) is 14.0. The van der Waals surface area contributed by atoms with Crippen LogP contribution in [0.3, 0.4) is 0 Å². The van der Waals surface area contributed by atoms with Gasteiger partial charge in [-0.2, -0.15) is 13.2 Å². The Morgan fingerprint density at radius 3 is 2.23 bits per heavy atom. The molecule has 0 saturated heterocycles. The van der Waals surface area contributed by atoms with Crippen LogP contribution in [0, 0.1) is 0 Å². The van der Waals surface area contributed by atoms with Gasteiger partial charge in [0.15, 0.2) is 9.84 Å². The van der Waals surface area contributed by atoms with Gasteiger partial charge in [-0.1, -0.05) is 48.5 Å². The lowest BCUT2D eigenvalue weighted by atomic mass is 10.1. The van der Waals surface area contributed by atoms with Crippen LogP contribution in [0.15, 0.2) is 54.6 Å². The molecule has 0 aliphatic carbocycles. The molecule has 0 saturated carbocycles. The second-order valence-corrected chi connectivity index (χ2v) is 8.13. The van der Waals surface area contributed by atoms with E-state index >= 15 is 0 Å². The molecule has 0 fully saturated rings. The summed E-state index contributed by atoms with van der Waals surface area (Å²) in [4.78, 5) is 12.1. The number of halogens is 3. The smallest absolute Gasteiger partial charge is 0.351 e. The highest BCUT2D eigenvalue weighted by Gasteiger charge is 2.36. The third-order valence-electron chi connectivity index (χ3n) is 3.90. The van der Waals surface area contributed by atoms with Crippen molar-refractivity contribution in [3.8, 4) is 0 Å². The number of carbonyl (C=O) groups excluding carboxylic acids is 1. The summed E-state index contributed by atoms with van der Waals surface area (Å²) >= 11 is 0. The summed E-state index contributed by atoms with van der Waals surface area (Å²) in [6.45, 7) is 1.31. The number of benzene rings is 2. The second-order valence-electron chi connectivity index (χ2n) is 5.81. The van der Waals surface area contributed by atoms with Crippen LogP contribution in [0.25, 0.3) is 0 Å². The van der Waals surface area contributed by atoms with E-state index in [1.165, 1.54) is 19.1 Å². The highest BCUT2D eigenvalue weighted by atomic mass is 32.2. The van der Waals surface area contributed by atoms with Crippen LogP contribution in [0.2, 0.25) is 0 Å². The van der Waals surface area contributed by atoms with Crippen molar-refractivity contribution >= 4 is 15.7 Å². The van der Waals surface area contributed by atoms with Crippen LogP contribution in [0.4, 0.5) is 13.2 Å². The number of hydrogen-bond acceptors (Lipinski definition) is 3. The highest BCUT2D eigenvalue weighted by Crippen LogP contribution is 2.33. The molecule has 4 nitrogen and oxygen atoms in total. The zero-order chi connectivity index (χ0) is 19.4. The summed E-state index contributed by atoms with van der Waals surface area (Å²) in [7, 11) is -4.11. The molecule has 2 aromatic carbocycles. The maximum absolute atomic E-state index is 13.0. The van der Waals surface area contributed by atoms with E-state index in [9.17, 15) is 26.4 Å². The van der Waals surface area contributed by atoms with Gasteiger partial charge in [0, 0.05) is 6.54 Å². The average Bonchev–Trinajstić information content (AvgIpc) is 2.59. The average molecular weight is 385 g/mol. The van der Waals surface area contributed by atoms with Gasteiger partial charge in [-0.15, -0.1) is 0 Å². The van der Waals surface area contributed by atoms with E-state index in [1.54, 1.807) is 30.3 Å². The Hall–Kier alpha value is -2.35. The lowest BCUT2D eigenvalue weighted by Crippen LogP contribution is -2.38. The van der Waals surface area contributed by atoms with E-state index in [4.69, 9.17) is 0 Å². The summed E-state index contributed by atoms with van der Waals surface area (Å²) in [5.74, 6) is -1.61. The van der Waals surface area contributed by atoms with Gasteiger partial charge in [-0.3, -0.25) is 4.79 Å². The van der Waals surface area contributed by atoms with E-state index in [0.29, 0.717) is 0 Å². The molecule has 140 valence electrons. The Bertz CT molecular complexity index is 865. The van der Waals surface area contributed by atoms with Crippen molar-refractivity contribution in [2.24, 2.45) is 0 Å². The summed E-state index contributed by atoms with van der Waals surface area (Å²) < 4.78 is 63.9. The van der Waals surface area contributed by atoms with Gasteiger partial charge in [0.05, 0.1) is 11.3 Å². The summed E-state index contributed by atoms with van der Waals surface area (Å²) in [6, 6.07) is 13.3. The topological polar surface area (TPSA) is 63.2 Å². The number of nitrogens with one attached hydrogen (secondary N) is 1. The predicted molar refractivity (Wildman–Crippen MR) is 91.8 cm³/mol. The Labute approximate surface area is 150 Å². The molecule has 0 aromatic heterocycles. The van der Waals surface area contributed by atoms with Crippen molar-refractivity contribution in [2.45, 2.75) is 30.6 Å². The van der Waals surface area contributed by atoms with Crippen molar-refractivity contribution in [1.82, 2.24) is 5.32 Å². The molecule has 0 bridgehead atoms. The third kappa shape index (κ3) is 5.08. The normalized spacial score (nSPS) is 13.2. The predicted octanol–water partition coefficient (Wildman–Crippen LogP) is 3.33. The Morgan fingerprint density at radius 2 is 1.62 bits per heavy atom. The number of alkyl halides is 3. The molecule has 0 radical (unpaired) electrons. The van der Waals surface area contributed by atoms with Crippen molar-refractivity contribution < 1.29 is 26.4 Å². The lowest BCUT2D eigenvalue weighted by Gasteiger charge is -2.16. The molecule has 0 spiro atoms. The number of carbonyl (C=O) groups is 1. The molecule has 0 aliphatic rings. The van der Waals surface area contributed by atoms with Crippen molar-refractivity contribution in [3.63, 3.8) is 0 Å². The van der Waals surface area contributed by atoms with Crippen LogP contribution in [0.5, 0.6) is 0 Å². The molecular formula is C18H18F3NO3S. The first kappa shape index (κ1) is 20.0. The first-order chi connectivity index (χ1) is 12.1. The molecule has 1 atom stereocenters. The molecule has 26 heavy (non-hydrogen) atoms. The molecule has 8 heteroatoms. The van der Waals surface area contributed by atoms with Crippen molar-refractivity contribution in [2.75, 3.05) is 0 Å². The van der Waals surface area contributed by atoms with E-state index in [1.807, 2.05) is 0 Å². The molecule has 1 unspecified atom stereocenters. The summed E-state index contributed by atoms with van der Waals surface area (Å²) in [5, 5.41) is 1.03. The molecule has 0 heterocycles. The van der Waals surface area contributed by atoms with Gasteiger partial charge in [0.25, 0.3) is 0 Å². The Kier molecular flexibility index (Phi) is 6.07. The fourth-order valence-corrected chi connectivity index (χ4v) is 3.70. The van der Waals surface area contributed by atoms with E-state index in [-0.39, 0.29) is 12.1 Å². The van der Waals surface area contributed by atoms with E-state index in [2.05, 4.69) is 5.32 Å². The molecule has 1 N–H and O–H groups in total. The lowest BCUT2D eigenvalue weighted by molar-refractivity contribution is -0.138. The number of hydrogen-bond donors (Lipinski definition) is 1. The Balaban J connectivity index is 2.11. The first-order valence-corrected chi connectivity index (χ1v) is 9.51. The minimum absolute atomic E-state index is 0.138. The van der Waals surface area contributed by atoms with Crippen LogP contribution in [-0.4, -0.2) is 19.6 Å². The molecule has 2 aromatic rings. The quantitative estimate of drug-likeness (QED) is 0.830. The number of rotatable bonds is 6. The minimum Gasteiger partial charge on any atom is -0.351 e. The fourth-order valence-electron chi connectivity index (χ4n) is 2.36. The second kappa shape index (κ2) is 7.90. The molecule has 1 amide bonds. The minimum atomic E-state index is -4.66. The monoisotopic (exact) mass is 385 g/mol. The molecule has 0 aliphatic heterocycles. The number of amides is 1.